The van der Waals surface area contributed by atoms with Crippen molar-refractivity contribution in [2.24, 2.45) is 17.3 Å². The van der Waals surface area contributed by atoms with Crippen molar-refractivity contribution in [1.29, 1.82) is 0 Å². The molecule has 0 saturated heterocycles. The van der Waals surface area contributed by atoms with E-state index in [0.29, 0.717) is 11.3 Å². The number of hydrogen-bond donors (Lipinski definition) is 0. The van der Waals surface area contributed by atoms with Crippen LogP contribution in [0.25, 0.3) is 10.9 Å². The van der Waals surface area contributed by atoms with Gasteiger partial charge in [0.2, 0.25) is 0 Å². The summed E-state index contributed by atoms with van der Waals surface area (Å²) in [5.41, 5.74) is 0.618. The smallest absolute Gasteiger partial charge is 0.315 e. The Morgan fingerprint density at radius 2 is 2.00 bits per heavy atom. The van der Waals surface area contributed by atoms with Crippen LogP contribution in [0.1, 0.15) is 13.8 Å². The van der Waals surface area contributed by atoms with Crippen LogP contribution in [-0.4, -0.2) is 11.0 Å². The van der Waals surface area contributed by atoms with E-state index in [4.69, 9.17) is 4.74 Å². The molecule has 1 aromatic heterocycles. The fourth-order valence-corrected chi connectivity index (χ4v) is 3.47. The van der Waals surface area contributed by atoms with Crippen LogP contribution in [0.3, 0.4) is 0 Å². The molecule has 22 heavy (non-hydrogen) atoms. The van der Waals surface area contributed by atoms with Crippen molar-refractivity contribution in [1.82, 2.24) is 4.98 Å². The zero-order valence-corrected chi connectivity index (χ0v) is 15.4. The summed E-state index contributed by atoms with van der Waals surface area (Å²) in [7, 11) is 0. The molecule has 0 radical (unpaired) electrons. The number of halogens is 2. The van der Waals surface area contributed by atoms with Gasteiger partial charge in [0, 0.05) is 11.6 Å². The van der Waals surface area contributed by atoms with Crippen molar-refractivity contribution in [3.63, 3.8) is 0 Å². The van der Waals surface area contributed by atoms with E-state index in [1.807, 2.05) is 30.3 Å². The Balaban J connectivity index is 1.84. The lowest BCUT2D eigenvalue weighted by Crippen LogP contribution is -2.14. The normalized spacial score (nSPS) is 22.2. The average molecular weight is 425 g/mol. The van der Waals surface area contributed by atoms with E-state index in [0.717, 1.165) is 8.78 Å². The van der Waals surface area contributed by atoms with Crippen LogP contribution in [0.4, 0.5) is 0 Å². The molecule has 0 bridgehead atoms. The number of pyridine rings is 1. The molecule has 3 rings (SSSR count). The van der Waals surface area contributed by atoms with E-state index >= 15 is 0 Å². The van der Waals surface area contributed by atoms with Gasteiger partial charge in [-0.3, -0.25) is 9.78 Å². The van der Waals surface area contributed by atoms with Crippen LogP contribution in [-0.2, 0) is 4.79 Å². The van der Waals surface area contributed by atoms with E-state index in [1.165, 1.54) is 0 Å². The van der Waals surface area contributed by atoms with E-state index in [9.17, 15) is 4.79 Å². The van der Waals surface area contributed by atoms with E-state index in [1.54, 1.807) is 12.3 Å². The number of rotatable bonds is 3. The molecule has 114 valence electrons. The molecule has 3 nitrogen and oxygen atoms in total. The van der Waals surface area contributed by atoms with Crippen LogP contribution in [0.5, 0.6) is 5.75 Å². The molecule has 1 saturated carbocycles. The number of fused-ring (bicyclic) bond motifs is 1. The van der Waals surface area contributed by atoms with Gasteiger partial charge in [0.25, 0.3) is 0 Å². The first-order chi connectivity index (χ1) is 10.4. The molecule has 1 fully saturated rings. The third-order valence-electron chi connectivity index (χ3n) is 4.28. The molecule has 5 heteroatoms. The summed E-state index contributed by atoms with van der Waals surface area (Å²) >= 11 is 6.72. The average Bonchev–Trinajstić information content (AvgIpc) is 2.99. The van der Waals surface area contributed by atoms with Gasteiger partial charge in [-0.25, -0.2) is 0 Å². The Morgan fingerprint density at radius 1 is 1.27 bits per heavy atom. The Labute approximate surface area is 146 Å². The van der Waals surface area contributed by atoms with Gasteiger partial charge >= 0.3 is 5.97 Å². The highest BCUT2D eigenvalue weighted by Gasteiger charge is 2.61. The number of aromatic nitrogens is 1. The van der Waals surface area contributed by atoms with Gasteiger partial charge in [0.1, 0.15) is 5.52 Å². The molecule has 2 aromatic rings. The van der Waals surface area contributed by atoms with Crippen molar-refractivity contribution in [3.8, 4) is 5.75 Å². The second-order valence-electron chi connectivity index (χ2n) is 6.03. The summed E-state index contributed by atoms with van der Waals surface area (Å²) in [5.74, 6) is 0.338. The van der Waals surface area contributed by atoms with Crippen LogP contribution < -0.4 is 4.74 Å². The van der Waals surface area contributed by atoms with Crippen molar-refractivity contribution in [2.45, 2.75) is 13.8 Å². The number of esters is 1. The van der Waals surface area contributed by atoms with Gasteiger partial charge < -0.3 is 4.74 Å². The topological polar surface area (TPSA) is 39.2 Å². The Kier molecular flexibility index (Phi) is 4.12. The van der Waals surface area contributed by atoms with Gasteiger partial charge in [-0.2, -0.15) is 0 Å². The monoisotopic (exact) mass is 423 g/mol. The van der Waals surface area contributed by atoms with Gasteiger partial charge in [0.15, 0.2) is 5.75 Å². The van der Waals surface area contributed by atoms with E-state index < -0.39 is 0 Å². The first-order valence-electron chi connectivity index (χ1n) is 6.99. The predicted octanol–water partition coefficient (Wildman–Crippen LogP) is 5.04. The largest absolute Gasteiger partial charge is 0.424 e. The van der Waals surface area contributed by atoms with Crippen molar-refractivity contribution < 1.29 is 9.53 Å². The third-order valence-corrected chi connectivity index (χ3v) is 4.81. The molecule has 2 atom stereocenters. The standard InChI is InChI=1S/C17H15Br2NO2/c1-17(2)11(9-13(18)19)14(17)16(21)22-12-7-3-5-10-6-4-8-20-15(10)12/h3-9,11,14H,1-2H3/t11-,14+/m0/s1. The Bertz CT molecular complexity index is 761. The number of hydrogen-bond acceptors (Lipinski definition) is 3. The molecule has 0 amide bonds. The van der Waals surface area contributed by atoms with Crippen molar-refractivity contribution in [2.75, 3.05) is 0 Å². The molecule has 0 aliphatic heterocycles. The third kappa shape index (κ3) is 2.84. The second kappa shape index (κ2) is 5.78. The fraction of sp³-hybridized carbons (Fsp3) is 0.294. The SMILES string of the molecule is CC1(C)[C@@H](C=C(Br)Br)[C@@H]1C(=O)Oc1cccc2cccnc12. The lowest BCUT2D eigenvalue weighted by molar-refractivity contribution is -0.136. The van der Waals surface area contributed by atoms with Crippen LogP contribution in [0.2, 0.25) is 0 Å². The van der Waals surface area contributed by atoms with E-state index in [2.05, 4.69) is 50.7 Å². The maximum absolute atomic E-state index is 12.5. The maximum Gasteiger partial charge on any atom is 0.315 e. The molecule has 1 heterocycles. The van der Waals surface area contributed by atoms with Gasteiger partial charge in [0.05, 0.1) is 9.31 Å². The van der Waals surface area contributed by atoms with Crippen LogP contribution in [0.15, 0.2) is 46.0 Å². The molecule has 1 aliphatic rings. The number of ether oxygens (including phenoxy) is 1. The minimum absolute atomic E-state index is 0.0954. The van der Waals surface area contributed by atoms with Gasteiger partial charge in [-0.05, 0) is 55.3 Å². The van der Waals surface area contributed by atoms with Crippen molar-refractivity contribution >= 4 is 48.7 Å². The number of carbonyl (C=O) groups is 1. The summed E-state index contributed by atoms with van der Waals surface area (Å²) < 4.78 is 6.50. The number of carbonyl (C=O) groups excluding carboxylic acids is 1. The number of nitrogens with zero attached hydrogens (tertiary/aromatic N) is 1. The first-order valence-corrected chi connectivity index (χ1v) is 8.58. The molecular formula is C17H15Br2NO2. The second-order valence-corrected chi connectivity index (χ2v) is 8.81. The highest BCUT2D eigenvalue weighted by molar-refractivity contribution is 9.28. The maximum atomic E-state index is 12.5. The molecule has 0 N–H and O–H groups in total. The Hall–Kier alpha value is -1.20. The zero-order chi connectivity index (χ0) is 15.9. The summed E-state index contributed by atoms with van der Waals surface area (Å²) in [4.78, 5) is 16.8. The minimum Gasteiger partial charge on any atom is -0.424 e. The highest BCUT2D eigenvalue weighted by atomic mass is 79.9. The number of para-hydroxylation sites is 1. The molecule has 0 spiro atoms. The van der Waals surface area contributed by atoms with Crippen LogP contribution >= 0.6 is 31.9 Å². The first kappa shape index (κ1) is 15.7. The molecule has 0 unspecified atom stereocenters. The van der Waals surface area contributed by atoms with E-state index in [-0.39, 0.29) is 23.2 Å². The molecular weight excluding hydrogens is 410 g/mol. The lowest BCUT2D eigenvalue weighted by Gasteiger charge is -2.07. The number of allylic oxidation sites excluding steroid dienone is 1. The quantitative estimate of drug-likeness (QED) is 0.511. The number of benzene rings is 1. The minimum atomic E-state index is -0.203. The summed E-state index contributed by atoms with van der Waals surface area (Å²) in [6.45, 7) is 4.15. The van der Waals surface area contributed by atoms with Gasteiger partial charge in [-0.1, -0.05) is 38.1 Å². The zero-order valence-electron chi connectivity index (χ0n) is 12.2. The Morgan fingerprint density at radius 3 is 2.73 bits per heavy atom. The summed E-state index contributed by atoms with van der Waals surface area (Å²) in [5, 5.41) is 0.961. The van der Waals surface area contributed by atoms with Crippen LogP contribution in [0, 0.1) is 17.3 Å². The predicted molar refractivity (Wildman–Crippen MR) is 94.1 cm³/mol. The summed E-state index contributed by atoms with van der Waals surface area (Å²) in [6.07, 6.45) is 3.71. The summed E-state index contributed by atoms with van der Waals surface area (Å²) in [6, 6.07) is 9.43. The lowest BCUT2D eigenvalue weighted by atomic mass is 10.1. The molecule has 1 aliphatic carbocycles. The van der Waals surface area contributed by atoms with Crippen molar-refractivity contribution in [3.05, 3.63) is 46.0 Å². The fourth-order valence-electron chi connectivity index (χ4n) is 2.91. The van der Waals surface area contributed by atoms with Gasteiger partial charge in [-0.15, -0.1) is 0 Å². The molecule has 1 aromatic carbocycles. The highest BCUT2D eigenvalue weighted by Crippen LogP contribution is 2.60.